The third kappa shape index (κ3) is 25.9. The van der Waals surface area contributed by atoms with Crippen LogP contribution in [0.4, 0.5) is 0 Å². The van der Waals surface area contributed by atoms with Gasteiger partial charge in [0.2, 0.25) is 0 Å². The van der Waals surface area contributed by atoms with Crippen LogP contribution < -0.4 is 0 Å². The Bertz CT molecular complexity index is 744. The maximum Gasteiger partial charge on any atom is 0.306 e. The van der Waals surface area contributed by atoms with Crippen LogP contribution in [0.2, 0.25) is 0 Å². The largest absolute Gasteiger partial charge is 0.466 e. The lowest BCUT2D eigenvalue weighted by molar-refractivity contribution is -0.148. The Morgan fingerprint density at radius 1 is 0.535 bits per heavy atom. The summed E-state index contributed by atoms with van der Waals surface area (Å²) in [4.78, 5) is 46.2. The van der Waals surface area contributed by atoms with E-state index >= 15 is 0 Å². The van der Waals surface area contributed by atoms with Gasteiger partial charge in [-0.25, -0.2) is 0 Å². The molecular weight excluding hydrogens is 624 g/mol. The molecule has 0 N–H and O–H groups in total. The summed E-state index contributed by atoms with van der Waals surface area (Å²) in [7, 11) is 0. The molecule has 0 aromatic heterocycles. The van der Waals surface area contributed by atoms with Gasteiger partial charge in [0.1, 0.15) is 19.8 Å². The number of carbonyl (C=O) groups excluding carboxylic acids is 4. The zero-order valence-electron chi connectivity index (χ0n) is 25.3. The molecule has 1 unspecified atom stereocenters. The second-order valence-corrected chi connectivity index (χ2v) is 10.7. The zero-order valence-corrected chi connectivity index (χ0v) is 28.0. The molecule has 1 atom stereocenters. The van der Waals surface area contributed by atoms with Crippen LogP contribution in [0.25, 0.3) is 0 Å². The minimum absolute atomic E-state index is 0.0159. The van der Waals surface area contributed by atoms with Gasteiger partial charge in [0.25, 0.3) is 0 Å². The van der Waals surface area contributed by atoms with Crippen LogP contribution in [0.15, 0.2) is 0 Å². The Labute approximate surface area is 272 Å². The number of Topliss-reactive ketones (excluding diaryl/α,β-unsaturated/α-hetero) is 1. The van der Waals surface area contributed by atoms with E-state index in [2.05, 4.69) is 37.9 Å². The van der Waals surface area contributed by atoms with Gasteiger partial charge in [0.15, 0.2) is 5.78 Å². The van der Waals surface area contributed by atoms with Gasteiger partial charge in [0.05, 0.1) is 65.7 Å². The van der Waals surface area contributed by atoms with E-state index < -0.39 is 5.41 Å². The van der Waals surface area contributed by atoms with Crippen molar-refractivity contribution < 1.29 is 57.1 Å². The predicted octanol–water partition coefficient (Wildman–Crippen LogP) is 2.40. The molecule has 0 rings (SSSR count). The van der Waals surface area contributed by atoms with E-state index in [1.807, 2.05) is 0 Å². The number of ketones is 1. The Balaban J connectivity index is 5.06. The van der Waals surface area contributed by atoms with E-state index in [-0.39, 0.29) is 109 Å². The fourth-order valence-corrected chi connectivity index (χ4v) is 3.92. The molecule has 0 saturated carbocycles. The van der Waals surface area contributed by atoms with Crippen LogP contribution in [0.3, 0.4) is 0 Å². The molecular formula is C28H50O12S3. The lowest BCUT2D eigenvalue weighted by atomic mass is 9.87. The van der Waals surface area contributed by atoms with E-state index in [0.717, 1.165) is 0 Å². The van der Waals surface area contributed by atoms with Crippen molar-refractivity contribution in [3.63, 3.8) is 0 Å². The molecule has 43 heavy (non-hydrogen) atoms. The van der Waals surface area contributed by atoms with Crippen molar-refractivity contribution in [2.45, 2.75) is 45.4 Å². The van der Waals surface area contributed by atoms with Crippen molar-refractivity contribution >= 4 is 61.6 Å². The van der Waals surface area contributed by atoms with Crippen LogP contribution in [0, 0.1) is 5.41 Å². The first kappa shape index (κ1) is 41.9. The summed E-state index contributed by atoms with van der Waals surface area (Å²) >= 11 is 12.1. The SMILES string of the molecule is CCC(=O)OCCOCC(CCOCCOCC(=O)CCS)(COCCCOC(=O)CCS)COCCOC(=O)CCS. The average Bonchev–Trinajstić information content (AvgIpc) is 2.98. The van der Waals surface area contributed by atoms with Gasteiger partial charge in [-0.1, -0.05) is 6.92 Å². The fraction of sp³-hybridized carbons (Fsp3) is 0.857. The molecule has 0 aliphatic carbocycles. The van der Waals surface area contributed by atoms with Crippen LogP contribution in [0.5, 0.6) is 0 Å². The number of hydrogen-bond donors (Lipinski definition) is 3. The number of hydrogen-bond acceptors (Lipinski definition) is 15. The van der Waals surface area contributed by atoms with Gasteiger partial charge >= 0.3 is 17.9 Å². The first-order valence-corrected chi connectivity index (χ1v) is 16.4. The molecule has 0 bridgehead atoms. The van der Waals surface area contributed by atoms with Gasteiger partial charge in [-0.05, 0) is 12.2 Å². The molecule has 15 heteroatoms. The summed E-state index contributed by atoms with van der Waals surface area (Å²) in [5.41, 5.74) is -0.657. The molecule has 252 valence electrons. The Morgan fingerprint density at radius 3 is 1.58 bits per heavy atom. The molecule has 0 aliphatic rings. The summed E-state index contributed by atoms with van der Waals surface area (Å²) in [5, 5.41) is 0. The van der Waals surface area contributed by atoms with E-state index in [9.17, 15) is 19.2 Å². The quantitative estimate of drug-likeness (QED) is 0.0430. The molecule has 12 nitrogen and oxygen atoms in total. The highest BCUT2D eigenvalue weighted by atomic mass is 32.1. The van der Waals surface area contributed by atoms with Crippen LogP contribution >= 0.6 is 37.9 Å². The van der Waals surface area contributed by atoms with Gasteiger partial charge < -0.3 is 37.9 Å². The van der Waals surface area contributed by atoms with E-state index in [1.165, 1.54) is 0 Å². The Kier molecular flexibility index (Phi) is 28.9. The number of thiol groups is 3. The van der Waals surface area contributed by atoms with Crippen molar-refractivity contribution in [2.75, 3.05) is 103 Å². The highest BCUT2D eigenvalue weighted by molar-refractivity contribution is 7.80. The summed E-state index contributed by atoms with van der Waals surface area (Å²) in [6, 6.07) is 0. The third-order valence-corrected chi connectivity index (χ3v) is 6.30. The highest BCUT2D eigenvalue weighted by Gasteiger charge is 2.32. The van der Waals surface area contributed by atoms with Crippen molar-refractivity contribution in [3.8, 4) is 0 Å². The Hall–Kier alpha value is -1.07. The summed E-state index contributed by atoms with van der Waals surface area (Å²) in [5.74, 6) is 0.314. The molecule has 0 radical (unpaired) electrons. The molecule has 0 aromatic carbocycles. The predicted molar refractivity (Wildman–Crippen MR) is 169 cm³/mol. The Morgan fingerprint density at radius 2 is 1.02 bits per heavy atom. The minimum atomic E-state index is -0.657. The molecule has 0 aromatic rings. The second kappa shape index (κ2) is 29.6. The van der Waals surface area contributed by atoms with Crippen molar-refractivity contribution in [1.29, 1.82) is 0 Å². The maximum atomic E-state index is 11.6. The molecule has 0 spiro atoms. The first-order chi connectivity index (χ1) is 20.8. The lowest BCUT2D eigenvalue weighted by Gasteiger charge is -2.33. The molecule has 0 saturated heterocycles. The van der Waals surface area contributed by atoms with Crippen molar-refractivity contribution in [2.24, 2.45) is 5.41 Å². The van der Waals surface area contributed by atoms with Gasteiger partial charge in [-0.2, -0.15) is 37.9 Å². The summed E-state index contributed by atoms with van der Waals surface area (Å²) < 4.78 is 44.2. The monoisotopic (exact) mass is 674 g/mol. The fourth-order valence-electron chi connectivity index (χ4n) is 3.30. The van der Waals surface area contributed by atoms with E-state index in [4.69, 9.17) is 37.9 Å². The van der Waals surface area contributed by atoms with Gasteiger partial charge in [-0.3, -0.25) is 19.2 Å². The zero-order chi connectivity index (χ0) is 32.0. The highest BCUT2D eigenvalue weighted by Crippen LogP contribution is 2.25. The normalized spacial score (nSPS) is 12.5. The lowest BCUT2D eigenvalue weighted by Crippen LogP contribution is -2.39. The number of carbonyl (C=O) groups is 4. The summed E-state index contributed by atoms with van der Waals surface area (Å²) in [6.07, 6.45) is 2.08. The van der Waals surface area contributed by atoms with Gasteiger partial charge in [-0.15, -0.1) is 0 Å². The first-order valence-electron chi connectivity index (χ1n) is 14.5. The van der Waals surface area contributed by atoms with Crippen LogP contribution in [0.1, 0.15) is 45.4 Å². The minimum Gasteiger partial charge on any atom is -0.466 e. The molecule has 0 amide bonds. The number of esters is 3. The third-order valence-electron chi connectivity index (χ3n) is 5.63. The van der Waals surface area contributed by atoms with Crippen molar-refractivity contribution in [3.05, 3.63) is 0 Å². The number of ether oxygens (including phenoxy) is 8. The molecule has 0 aliphatic heterocycles. The number of rotatable bonds is 31. The van der Waals surface area contributed by atoms with E-state index in [0.29, 0.717) is 56.3 Å². The van der Waals surface area contributed by atoms with Crippen LogP contribution in [-0.2, 0) is 57.1 Å². The second-order valence-electron chi connectivity index (χ2n) is 9.40. The molecule has 0 heterocycles. The van der Waals surface area contributed by atoms with Gasteiger partial charge in [0, 0.05) is 49.4 Å². The molecule has 0 fully saturated rings. The summed E-state index contributed by atoms with van der Waals surface area (Å²) in [6.45, 7) is 4.41. The average molecular weight is 675 g/mol. The smallest absolute Gasteiger partial charge is 0.306 e. The van der Waals surface area contributed by atoms with E-state index in [1.54, 1.807) is 6.92 Å². The van der Waals surface area contributed by atoms with Crippen molar-refractivity contribution in [1.82, 2.24) is 0 Å². The standard InChI is InChI=1S/C28H50O12S3/c1-2-25(30)39-15-13-36-22-28(23-37-14-16-40-27(32)6-19-43,21-35-8-3-9-38-26(31)5-18-42)7-10-33-11-12-34-20-24(29)4-17-41/h41-43H,2-23H2,1H3. The van der Waals surface area contributed by atoms with Crippen LogP contribution in [-0.4, -0.2) is 127 Å². The maximum absolute atomic E-state index is 11.6. The topological polar surface area (TPSA) is 142 Å².